The van der Waals surface area contributed by atoms with Crippen molar-refractivity contribution >= 4 is 17.5 Å². The molecule has 0 saturated carbocycles. The SMILES string of the molecule is CCCCc1ccc(N2C(=O)CCC2=O)c(=O)[nH]1. The lowest BCUT2D eigenvalue weighted by molar-refractivity contribution is -0.121. The van der Waals surface area contributed by atoms with Gasteiger partial charge in [-0.05, 0) is 25.0 Å². The average molecular weight is 248 g/mol. The first-order valence-electron chi connectivity index (χ1n) is 6.21. The molecule has 5 heteroatoms. The maximum atomic E-state index is 11.9. The zero-order chi connectivity index (χ0) is 13.1. The third-order valence-corrected chi connectivity index (χ3v) is 3.04. The van der Waals surface area contributed by atoms with Crippen molar-refractivity contribution in [3.05, 3.63) is 28.2 Å². The highest BCUT2D eigenvalue weighted by molar-refractivity contribution is 6.19. The van der Waals surface area contributed by atoms with E-state index in [-0.39, 0.29) is 35.9 Å². The average Bonchev–Trinajstić information content (AvgIpc) is 2.67. The quantitative estimate of drug-likeness (QED) is 0.818. The Hall–Kier alpha value is -1.91. The fraction of sp³-hybridized carbons (Fsp3) is 0.462. The molecule has 1 aromatic heterocycles. The molecular formula is C13H16N2O3. The number of hydrogen-bond donors (Lipinski definition) is 1. The van der Waals surface area contributed by atoms with Crippen LogP contribution in [0, 0.1) is 0 Å². The molecule has 1 saturated heterocycles. The number of rotatable bonds is 4. The number of pyridine rings is 1. The van der Waals surface area contributed by atoms with Crippen LogP contribution in [-0.2, 0) is 16.0 Å². The van der Waals surface area contributed by atoms with E-state index < -0.39 is 0 Å². The maximum absolute atomic E-state index is 11.9. The fourth-order valence-electron chi connectivity index (χ4n) is 2.04. The Morgan fingerprint density at radius 2 is 1.83 bits per heavy atom. The molecule has 1 N–H and O–H groups in total. The smallest absolute Gasteiger partial charge is 0.272 e. The van der Waals surface area contributed by atoms with Gasteiger partial charge in [-0.3, -0.25) is 14.4 Å². The minimum absolute atomic E-state index is 0.141. The molecule has 0 atom stereocenters. The van der Waals surface area contributed by atoms with Crippen LogP contribution < -0.4 is 10.5 Å². The zero-order valence-corrected chi connectivity index (χ0v) is 10.4. The number of imide groups is 1. The Morgan fingerprint density at radius 3 is 2.39 bits per heavy atom. The molecule has 0 aromatic carbocycles. The van der Waals surface area contributed by atoms with Crippen molar-refractivity contribution in [2.24, 2.45) is 0 Å². The van der Waals surface area contributed by atoms with Gasteiger partial charge in [0.1, 0.15) is 5.69 Å². The number of aryl methyl sites for hydroxylation is 1. The number of nitrogens with one attached hydrogen (secondary N) is 1. The lowest BCUT2D eigenvalue weighted by atomic mass is 10.2. The number of carbonyl (C=O) groups excluding carboxylic acids is 2. The molecule has 5 nitrogen and oxygen atoms in total. The summed E-state index contributed by atoms with van der Waals surface area (Å²) in [5.41, 5.74) is 0.611. The number of anilines is 1. The topological polar surface area (TPSA) is 70.2 Å². The molecular weight excluding hydrogens is 232 g/mol. The summed E-state index contributed by atoms with van der Waals surface area (Å²) in [6.45, 7) is 2.08. The van der Waals surface area contributed by atoms with Gasteiger partial charge in [0.25, 0.3) is 5.56 Å². The highest BCUT2D eigenvalue weighted by atomic mass is 16.2. The predicted molar refractivity (Wildman–Crippen MR) is 67.4 cm³/mol. The molecule has 2 amide bonds. The molecule has 1 fully saturated rings. The Kier molecular flexibility index (Phi) is 3.60. The van der Waals surface area contributed by atoms with Crippen LogP contribution in [0.3, 0.4) is 0 Å². The summed E-state index contributed by atoms with van der Waals surface area (Å²) in [5.74, 6) is -0.599. The third kappa shape index (κ3) is 2.34. The van der Waals surface area contributed by atoms with Crippen molar-refractivity contribution in [3.63, 3.8) is 0 Å². The summed E-state index contributed by atoms with van der Waals surface area (Å²) in [5, 5.41) is 0. The number of H-pyrrole nitrogens is 1. The fourth-order valence-corrected chi connectivity index (χ4v) is 2.04. The molecule has 1 aliphatic rings. The second kappa shape index (κ2) is 5.16. The van der Waals surface area contributed by atoms with Gasteiger partial charge in [-0.15, -0.1) is 0 Å². The number of unbranched alkanes of at least 4 members (excludes halogenated alkanes) is 1. The first-order chi connectivity index (χ1) is 8.63. The third-order valence-electron chi connectivity index (χ3n) is 3.04. The van der Waals surface area contributed by atoms with Gasteiger partial charge in [0, 0.05) is 18.5 Å². The largest absolute Gasteiger partial charge is 0.324 e. The number of carbonyl (C=O) groups is 2. The van der Waals surface area contributed by atoms with Gasteiger partial charge in [0.15, 0.2) is 0 Å². The van der Waals surface area contributed by atoms with E-state index in [1.807, 2.05) is 0 Å². The van der Waals surface area contributed by atoms with E-state index in [0.29, 0.717) is 0 Å². The van der Waals surface area contributed by atoms with Crippen molar-refractivity contribution in [1.29, 1.82) is 0 Å². The summed E-state index contributed by atoms with van der Waals surface area (Å²) in [6, 6.07) is 3.33. The van der Waals surface area contributed by atoms with Gasteiger partial charge in [-0.1, -0.05) is 13.3 Å². The second-order valence-corrected chi connectivity index (χ2v) is 4.42. The van der Waals surface area contributed by atoms with Crippen LogP contribution in [0.2, 0.25) is 0 Å². The Labute approximate surface area is 105 Å². The van der Waals surface area contributed by atoms with Crippen LogP contribution in [0.15, 0.2) is 16.9 Å². The van der Waals surface area contributed by atoms with Crippen molar-refractivity contribution in [3.8, 4) is 0 Å². The van der Waals surface area contributed by atoms with Crippen LogP contribution in [0.1, 0.15) is 38.3 Å². The molecule has 0 spiro atoms. The number of nitrogens with zero attached hydrogens (tertiary/aromatic N) is 1. The molecule has 1 aliphatic heterocycles. The first kappa shape index (κ1) is 12.5. The number of amides is 2. The lowest BCUT2D eigenvalue weighted by Crippen LogP contribution is -2.33. The van der Waals surface area contributed by atoms with Gasteiger partial charge >= 0.3 is 0 Å². The van der Waals surface area contributed by atoms with Crippen LogP contribution in [0.4, 0.5) is 5.69 Å². The molecule has 0 unspecified atom stereocenters. The highest BCUT2D eigenvalue weighted by Gasteiger charge is 2.31. The van der Waals surface area contributed by atoms with E-state index >= 15 is 0 Å². The first-order valence-corrected chi connectivity index (χ1v) is 6.21. The zero-order valence-electron chi connectivity index (χ0n) is 10.4. The van der Waals surface area contributed by atoms with Crippen molar-refractivity contribution in [2.75, 3.05) is 4.90 Å². The minimum Gasteiger partial charge on any atom is -0.324 e. The van der Waals surface area contributed by atoms with Gasteiger partial charge in [-0.2, -0.15) is 0 Å². The molecule has 96 valence electrons. The summed E-state index contributed by atoms with van der Waals surface area (Å²) in [4.78, 5) is 38.7. The highest BCUT2D eigenvalue weighted by Crippen LogP contribution is 2.18. The minimum atomic E-state index is -0.368. The van der Waals surface area contributed by atoms with Crippen LogP contribution in [0.5, 0.6) is 0 Å². The van der Waals surface area contributed by atoms with Crippen molar-refractivity contribution < 1.29 is 9.59 Å². The van der Waals surface area contributed by atoms with Gasteiger partial charge in [0.2, 0.25) is 11.8 Å². The molecule has 18 heavy (non-hydrogen) atoms. The van der Waals surface area contributed by atoms with Crippen molar-refractivity contribution in [2.45, 2.75) is 39.0 Å². The number of hydrogen-bond acceptors (Lipinski definition) is 3. The van der Waals surface area contributed by atoms with E-state index in [2.05, 4.69) is 11.9 Å². The summed E-state index contributed by atoms with van der Waals surface area (Å²) < 4.78 is 0. The number of aromatic amines is 1. The normalized spacial score (nSPS) is 15.5. The summed E-state index contributed by atoms with van der Waals surface area (Å²) >= 11 is 0. The van der Waals surface area contributed by atoms with E-state index in [1.165, 1.54) is 0 Å². The molecule has 0 bridgehead atoms. The summed E-state index contributed by atoms with van der Waals surface area (Å²) in [6.07, 6.45) is 3.23. The van der Waals surface area contributed by atoms with Gasteiger partial charge in [-0.25, -0.2) is 4.90 Å². The Bertz CT molecular complexity index is 517. The standard InChI is InChI=1S/C13H16N2O3/c1-2-3-4-9-5-6-10(13(18)14-9)15-11(16)7-8-12(15)17/h5-6H,2-4,7-8H2,1H3,(H,14,18). The number of aromatic nitrogens is 1. The van der Waals surface area contributed by atoms with Gasteiger partial charge in [0.05, 0.1) is 0 Å². The lowest BCUT2D eigenvalue weighted by Gasteiger charge is -2.13. The monoisotopic (exact) mass is 248 g/mol. The summed E-state index contributed by atoms with van der Waals surface area (Å²) in [7, 11) is 0. The van der Waals surface area contributed by atoms with E-state index in [4.69, 9.17) is 0 Å². The Morgan fingerprint density at radius 1 is 1.17 bits per heavy atom. The van der Waals surface area contributed by atoms with Crippen molar-refractivity contribution in [1.82, 2.24) is 4.98 Å². The predicted octanol–water partition coefficient (Wildman–Crippen LogP) is 1.37. The Balaban J connectivity index is 2.27. The van der Waals surface area contributed by atoms with E-state index in [1.54, 1.807) is 12.1 Å². The van der Waals surface area contributed by atoms with Crippen LogP contribution in [-0.4, -0.2) is 16.8 Å². The van der Waals surface area contributed by atoms with E-state index in [0.717, 1.165) is 29.9 Å². The molecule has 0 radical (unpaired) electrons. The van der Waals surface area contributed by atoms with Crippen LogP contribution >= 0.6 is 0 Å². The second-order valence-electron chi connectivity index (χ2n) is 4.42. The molecule has 2 rings (SSSR count). The van der Waals surface area contributed by atoms with Gasteiger partial charge < -0.3 is 4.98 Å². The maximum Gasteiger partial charge on any atom is 0.272 e. The van der Waals surface area contributed by atoms with E-state index in [9.17, 15) is 14.4 Å². The molecule has 0 aliphatic carbocycles. The van der Waals surface area contributed by atoms with Crippen LogP contribution in [0.25, 0.3) is 0 Å². The molecule has 1 aromatic rings. The molecule has 2 heterocycles.